The highest BCUT2D eigenvalue weighted by Gasteiger charge is 2.34. The topological polar surface area (TPSA) is 83.0 Å². The van der Waals surface area contributed by atoms with Crippen LogP contribution in [0.3, 0.4) is 0 Å². The summed E-state index contributed by atoms with van der Waals surface area (Å²) in [6.07, 6.45) is 1.53. The molecule has 0 aliphatic carbocycles. The highest BCUT2D eigenvalue weighted by atomic mass is 16.5. The zero-order chi connectivity index (χ0) is 21.3. The van der Waals surface area contributed by atoms with Crippen molar-refractivity contribution in [2.45, 2.75) is 26.3 Å². The first-order valence-electron chi connectivity index (χ1n) is 10.3. The molecule has 0 radical (unpaired) electrons. The summed E-state index contributed by atoms with van der Waals surface area (Å²) < 4.78 is 5.65. The van der Waals surface area contributed by atoms with Crippen molar-refractivity contribution in [3.05, 3.63) is 65.2 Å². The number of imide groups is 1. The van der Waals surface area contributed by atoms with E-state index in [2.05, 4.69) is 15.6 Å². The molecule has 0 saturated carbocycles. The largest absolute Gasteiger partial charge is 0.494 e. The first-order chi connectivity index (χ1) is 14.7. The van der Waals surface area contributed by atoms with Crippen LogP contribution < -0.4 is 15.4 Å². The summed E-state index contributed by atoms with van der Waals surface area (Å²) in [5, 5.41) is 6.55. The lowest BCUT2D eigenvalue weighted by atomic mass is 10.1. The molecule has 158 valence electrons. The Balaban J connectivity index is 1.40. The fourth-order valence-corrected chi connectivity index (χ4v) is 3.39. The number of ether oxygens (including phenoxy) is 1. The van der Waals surface area contributed by atoms with Crippen LogP contribution in [0.25, 0.3) is 0 Å². The smallest absolute Gasteiger partial charge is 0.261 e. The summed E-state index contributed by atoms with van der Waals surface area (Å²) in [5.74, 6) is 1.16. The molecule has 7 nitrogen and oxygen atoms in total. The molecule has 0 aromatic heterocycles. The van der Waals surface area contributed by atoms with Gasteiger partial charge in [0.15, 0.2) is 5.96 Å². The van der Waals surface area contributed by atoms with Crippen molar-refractivity contribution >= 4 is 17.8 Å². The first kappa shape index (κ1) is 21.4. The minimum Gasteiger partial charge on any atom is -0.494 e. The molecule has 3 rings (SSSR count). The number of amides is 2. The quantitative estimate of drug-likeness (QED) is 0.289. The van der Waals surface area contributed by atoms with Crippen LogP contribution in [-0.4, -0.2) is 49.4 Å². The molecule has 2 aromatic carbocycles. The van der Waals surface area contributed by atoms with E-state index in [1.807, 2.05) is 31.2 Å². The highest BCUT2D eigenvalue weighted by molar-refractivity contribution is 6.21. The third-order valence-corrected chi connectivity index (χ3v) is 4.92. The van der Waals surface area contributed by atoms with Crippen LogP contribution in [0.5, 0.6) is 5.75 Å². The number of hydrogen-bond donors (Lipinski definition) is 2. The van der Waals surface area contributed by atoms with Gasteiger partial charge in [0.05, 0.1) is 17.7 Å². The van der Waals surface area contributed by atoms with Crippen LogP contribution in [0.15, 0.2) is 53.5 Å². The lowest BCUT2D eigenvalue weighted by molar-refractivity contribution is 0.0652. The van der Waals surface area contributed by atoms with Gasteiger partial charge in [-0.2, -0.15) is 0 Å². The number of benzene rings is 2. The summed E-state index contributed by atoms with van der Waals surface area (Å²) in [5.41, 5.74) is 2.06. The monoisotopic (exact) mass is 408 g/mol. The number of hydrogen-bond acceptors (Lipinski definition) is 4. The van der Waals surface area contributed by atoms with E-state index in [4.69, 9.17) is 4.74 Å². The van der Waals surface area contributed by atoms with Gasteiger partial charge in [-0.25, -0.2) is 0 Å². The Morgan fingerprint density at radius 1 is 0.967 bits per heavy atom. The van der Waals surface area contributed by atoms with Gasteiger partial charge in [0.1, 0.15) is 5.75 Å². The van der Waals surface area contributed by atoms with Crippen molar-refractivity contribution in [1.29, 1.82) is 0 Å². The van der Waals surface area contributed by atoms with Gasteiger partial charge in [0, 0.05) is 32.2 Å². The van der Waals surface area contributed by atoms with Crippen LogP contribution in [0, 0.1) is 0 Å². The van der Waals surface area contributed by atoms with E-state index in [0.29, 0.717) is 43.3 Å². The van der Waals surface area contributed by atoms with Crippen LogP contribution in [0.1, 0.15) is 46.0 Å². The maximum atomic E-state index is 12.4. The zero-order valence-corrected chi connectivity index (χ0v) is 17.5. The van der Waals surface area contributed by atoms with Gasteiger partial charge < -0.3 is 15.4 Å². The van der Waals surface area contributed by atoms with Crippen molar-refractivity contribution in [3.8, 4) is 5.75 Å². The van der Waals surface area contributed by atoms with Crippen LogP contribution >= 0.6 is 0 Å². The predicted molar refractivity (Wildman–Crippen MR) is 117 cm³/mol. The predicted octanol–water partition coefficient (Wildman–Crippen LogP) is 2.83. The molecule has 0 spiro atoms. The Bertz CT molecular complexity index is 891. The van der Waals surface area contributed by atoms with Gasteiger partial charge >= 0.3 is 0 Å². The summed E-state index contributed by atoms with van der Waals surface area (Å²) in [4.78, 5) is 30.3. The highest BCUT2D eigenvalue weighted by Crippen LogP contribution is 2.22. The SMILES string of the molecule is CCOc1ccccc1CNC(=NC)NCCCCN1C(=O)c2ccccc2C1=O. The number of unbranched alkanes of at least 4 members (excludes halogenated alkanes) is 1. The van der Waals surface area contributed by atoms with E-state index in [1.54, 1.807) is 31.3 Å². The number of carbonyl (C=O) groups is 2. The fraction of sp³-hybridized carbons (Fsp3) is 0.348. The van der Waals surface area contributed by atoms with Gasteiger partial charge in [-0.1, -0.05) is 30.3 Å². The second-order valence-corrected chi connectivity index (χ2v) is 6.91. The lowest BCUT2D eigenvalue weighted by Crippen LogP contribution is -2.37. The zero-order valence-electron chi connectivity index (χ0n) is 17.5. The molecule has 1 aliphatic rings. The Labute approximate surface area is 177 Å². The van der Waals surface area contributed by atoms with Crippen LogP contribution in [-0.2, 0) is 6.54 Å². The van der Waals surface area contributed by atoms with Gasteiger partial charge in [-0.15, -0.1) is 0 Å². The van der Waals surface area contributed by atoms with Gasteiger partial charge in [0.25, 0.3) is 11.8 Å². The Morgan fingerprint density at radius 2 is 1.63 bits per heavy atom. The van der Waals surface area contributed by atoms with Gasteiger partial charge in [-0.05, 0) is 38.0 Å². The van der Waals surface area contributed by atoms with E-state index in [1.165, 1.54) is 4.90 Å². The summed E-state index contributed by atoms with van der Waals surface area (Å²) in [6, 6.07) is 14.9. The average molecular weight is 409 g/mol. The second kappa shape index (κ2) is 10.4. The maximum absolute atomic E-state index is 12.4. The van der Waals surface area contributed by atoms with Crippen molar-refractivity contribution in [1.82, 2.24) is 15.5 Å². The van der Waals surface area contributed by atoms with Crippen LogP contribution in [0.2, 0.25) is 0 Å². The molecule has 0 atom stereocenters. The van der Waals surface area contributed by atoms with Crippen molar-refractivity contribution < 1.29 is 14.3 Å². The van der Waals surface area contributed by atoms with Crippen molar-refractivity contribution in [2.24, 2.45) is 4.99 Å². The number of guanidine groups is 1. The number of carbonyl (C=O) groups excluding carboxylic acids is 2. The normalized spacial score (nSPS) is 13.4. The number of fused-ring (bicyclic) bond motifs is 1. The molecule has 7 heteroatoms. The molecule has 0 bridgehead atoms. The molecule has 1 heterocycles. The minimum atomic E-state index is -0.200. The standard InChI is InChI=1S/C23H28N4O3/c1-3-30-20-13-7-4-10-17(20)16-26-23(24-2)25-14-8-9-15-27-21(28)18-11-5-6-12-19(18)22(27)29/h4-7,10-13H,3,8-9,14-16H2,1-2H3,(H2,24,25,26). The summed E-state index contributed by atoms with van der Waals surface area (Å²) >= 11 is 0. The molecule has 2 N–H and O–H groups in total. The Hall–Kier alpha value is -3.35. The first-order valence-corrected chi connectivity index (χ1v) is 10.3. The molecule has 2 aromatic rings. The van der Waals surface area contributed by atoms with Gasteiger partial charge in [-0.3, -0.25) is 19.5 Å². The molecule has 0 fully saturated rings. The average Bonchev–Trinajstić information content (AvgIpc) is 3.01. The van der Waals surface area contributed by atoms with Crippen molar-refractivity contribution in [3.63, 3.8) is 0 Å². The van der Waals surface area contributed by atoms with Crippen LogP contribution in [0.4, 0.5) is 0 Å². The maximum Gasteiger partial charge on any atom is 0.261 e. The molecule has 0 unspecified atom stereocenters. The molecule has 1 aliphatic heterocycles. The number of rotatable bonds is 9. The molecule has 30 heavy (non-hydrogen) atoms. The molecular formula is C23H28N4O3. The van der Waals surface area contributed by atoms with E-state index < -0.39 is 0 Å². The van der Waals surface area contributed by atoms with E-state index in [-0.39, 0.29) is 11.8 Å². The second-order valence-electron chi connectivity index (χ2n) is 6.91. The van der Waals surface area contributed by atoms with Crippen molar-refractivity contribution in [2.75, 3.05) is 26.7 Å². The minimum absolute atomic E-state index is 0.200. The third-order valence-electron chi connectivity index (χ3n) is 4.92. The lowest BCUT2D eigenvalue weighted by Gasteiger charge is -2.15. The number of para-hydroxylation sites is 1. The van der Waals surface area contributed by atoms with Gasteiger partial charge in [0.2, 0.25) is 0 Å². The van der Waals surface area contributed by atoms with E-state index in [0.717, 1.165) is 24.2 Å². The van der Waals surface area contributed by atoms with E-state index in [9.17, 15) is 9.59 Å². The molecule has 2 amide bonds. The molecule has 0 saturated heterocycles. The summed E-state index contributed by atoms with van der Waals surface area (Å²) in [7, 11) is 1.72. The molecular weight excluding hydrogens is 380 g/mol. The number of nitrogens with zero attached hydrogens (tertiary/aromatic N) is 2. The number of nitrogens with one attached hydrogen (secondary N) is 2. The number of aliphatic imine (C=N–C) groups is 1. The Kier molecular flexibility index (Phi) is 7.43. The van der Waals surface area contributed by atoms with E-state index >= 15 is 0 Å². The summed E-state index contributed by atoms with van der Waals surface area (Å²) in [6.45, 7) is 4.30. The third kappa shape index (κ3) is 4.97. The Morgan fingerprint density at radius 3 is 2.30 bits per heavy atom. The fourth-order valence-electron chi connectivity index (χ4n) is 3.39.